The second kappa shape index (κ2) is 3.98. The molecular formula is C10H16O4. The predicted octanol–water partition coefficient (Wildman–Crippen LogP) is 1.28. The maximum Gasteiger partial charge on any atom is 0.310 e. The van der Waals surface area contributed by atoms with Gasteiger partial charge in [0.15, 0.2) is 5.60 Å². The van der Waals surface area contributed by atoms with Crippen molar-refractivity contribution in [1.29, 1.82) is 0 Å². The van der Waals surface area contributed by atoms with Crippen molar-refractivity contribution in [2.45, 2.75) is 39.2 Å². The Morgan fingerprint density at radius 2 is 2.36 bits per heavy atom. The Morgan fingerprint density at radius 1 is 1.71 bits per heavy atom. The molecule has 0 radical (unpaired) electrons. The minimum atomic E-state index is -0.752. The third kappa shape index (κ3) is 2.47. The fourth-order valence-electron chi connectivity index (χ4n) is 1.22. The van der Waals surface area contributed by atoms with Gasteiger partial charge in [-0.25, -0.2) is 0 Å². The van der Waals surface area contributed by atoms with Crippen molar-refractivity contribution in [3.63, 3.8) is 0 Å². The molecule has 1 heterocycles. The van der Waals surface area contributed by atoms with E-state index >= 15 is 0 Å². The first-order valence-electron chi connectivity index (χ1n) is 4.85. The van der Waals surface area contributed by atoms with Gasteiger partial charge in [-0.2, -0.15) is 0 Å². The van der Waals surface area contributed by atoms with Crippen LogP contribution < -0.4 is 0 Å². The van der Waals surface area contributed by atoms with Crippen LogP contribution in [0.15, 0.2) is 0 Å². The number of cyclic esters (lactones) is 1. The highest BCUT2D eigenvalue weighted by molar-refractivity contribution is 5.76. The molecule has 1 saturated heterocycles. The minimum absolute atomic E-state index is 0.123. The van der Waals surface area contributed by atoms with Crippen LogP contribution in [-0.2, 0) is 19.1 Å². The highest BCUT2D eigenvalue weighted by atomic mass is 16.6. The van der Waals surface area contributed by atoms with E-state index in [2.05, 4.69) is 0 Å². The zero-order valence-electron chi connectivity index (χ0n) is 8.83. The van der Waals surface area contributed by atoms with Gasteiger partial charge in [-0.3, -0.25) is 9.59 Å². The number of ether oxygens (including phenoxy) is 2. The summed E-state index contributed by atoms with van der Waals surface area (Å²) in [5.41, 5.74) is -0.752. The van der Waals surface area contributed by atoms with Crippen LogP contribution in [0, 0.1) is 5.92 Å². The molecule has 14 heavy (non-hydrogen) atoms. The summed E-state index contributed by atoms with van der Waals surface area (Å²) in [5, 5.41) is 0. The molecule has 0 aromatic rings. The standard InChI is InChI=1S/C10H16O4/c1-4-7(2)9(12)14-10(3)5-8(11)13-6-10/h7H,4-6H2,1-3H3. The Kier molecular flexibility index (Phi) is 3.13. The lowest BCUT2D eigenvalue weighted by molar-refractivity contribution is -0.162. The Labute approximate surface area is 83.6 Å². The van der Waals surface area contributed by atoms with E-state index < -0.39 is 5.60 Å². The highest BCUT2D eigenvalue weighted by Gasteiger charge is 2.40. The van der Waals surface area contributed by atoms with E-state index in [1.54, 1.807) is 6.92 Å². The maximum atomic E-state index is 11.5. The van der Waals surface area contributed by atoms with Gasteiger partial charge in [0.05, 0.1) is 12.3 Å². The topological polar surface area (TPSA) is 52.6 Å². The molecule has 4 nitrogen and oxygen atoms in total. The molecule has 0 aliphatic carbocycles. The summed E-state index contributed by atoms with van der Waals surface area (Å²) >= 11 is 0. The van der Waals surface area contributed by atoms with Gasteiger partial charge < -0.3 is 9.47 Å². The Bertz CT molecular complexity index is 249. The van der Waals surface area contributed by atoms with E-state index in [0.29, 0.717) is 0 Å². The summed E-state index contributed by atoms with van der Waals surface area (Å²) in [7, 11) is 0. The average molecular weight is 200 g/mol. The maximum absolute atomic E-state index is 11.5. The molecule has 0 bridgehead atoms. The molecule has 0 N–H and O–H groups in total. The molecule has 1 aliphatic heterocycles. The molecule has 0 aromatic heterocycles. The van der Waals surface area contributed by atoms with E-state index in [1.165, 1.54) is 0 Å². The second-order valence-corrected chi connectivity index (χ2v) is 4.02. The molecule has 0 spiro atoms. The largest absolute Gasteiger partial charge is 0.461 e. The van der Waals surface area contributed by atoms with Gasteiger partial charge in [-0.05, 0) is 13.3 Å². The monoisotopic (exact) mass is 200 g/mol. The van der Waals surface area contributed by atoms with Crippen molar-refractivity contribution in [3.8, 4) is 0 Å². The predicted molar refractivity (Wildman–Crippen MR) is 49.5 cm³/mol. The summed E-state index contributed by atoms with van der Waals surface area (Å²) in [6.07, 6.45) is 0.902. The highest BCUT2D eigenvalue weighted by Crippen LogP contribution is 2.25. The van der Waals surface area contributed by atoms with Gasteiger partial charge in [0.25, 0.3) is 0 Å². The molecule has 1 fully saturated rings. The Balaban J connectivity index is 2.51. The lowest BCUT2D eigenvalue weighted by atomic mass is 10.1. The van der Waals surface area contributed by atoms with E-state index in [9.17, 15) is 9.59 Å². The summed E-state index contributed by atoms with van der Waals surface area (Å²) in [6, 6.07) is 0. The van der Waals surface area contributed by atoms with E-state index in [1.807, 2.05) is 13.8 Å². The normalized spacial score (nSPS) is 28.4. The number of hydrogen-bond acceptors (Lipinski definition) is 4. The Hall–Kier alpha value is -1.06. The first-order chi connectivity index (χ1) is 6.47. The molecule has 4 heteroatoms. The molecule has 0 saturated carbocycles. The first kappa shape index (κ1) is 11.0. The van der Waals surface area contributed by atoms with Crippen LogP contribution in [0.25, 0.3) is 0 Å². The van der Waals surface area contributed by atoms with Gasteiger partial charge in [0, 0.05) is 0 Å². The summed E-state index contributed by atoms with van der Waals surface area (Å²) in [6.45, 7) is 5.63. The quantitative estimate of drug-likeness (QED) is 0.644. The number of rotatable bonds is 3. The molecule has 0 aromatic carbocycles. The fraction of sp³-hybridized carbons (Fsp3) is 0.800. The SMILES string of the molecule is CCC(C)C(=O)OC1(C)COC(=O)C1. The second-order valence-electron chi connectivity index (χ2n) is 4.02. The number of carbonyl (C=O) groups excluding carboxylic acids is 2. The first-order valence-corrected chi connectivity index (χ1v) is 4.85. The molecule has 1 rings (SSSR count). The molecule has 2 atom stereocenters. The number of carbonyl (C=O) groups is 2. The zero-order chi connectivity index (χ0) is 10.8. The van der Waals surface area contributed by atoms with Gasteiger partial charge in [0.2, 0.25) is 0 Å². The van der Waals surface area contributed by atoms with Crippen molar-refractivity contribution in [2.75, 3.05) is 6.61 Å². The van der Waals surface area contributed by atoms with Crippen LogP contribution in [0.4, 0.5) is 0 Å². The van der Waals surface area contributed by atoms with Crippen LogP contribution in [0.5, 0.6) is 0 Å². The summed E-state index contributed by atoms with van der Waals surface area (Å²) < 4.78 is 10.0. The molecule has 80 valence electrons. The van der Waals surface area contributed by atoms with Gasteiger partial charge in [0.1, 0.15) is 6.61 Å². The lowest BCUT2D eigenvalue weighted by Crippen LogP contribution is -2.34. The molecule has 2 unspecified atom stereocenters. The van der Waals surface area contributed by atoms with Crippen molar-refractivity contribution in [3.05, 3.63) is 0 Å². The van der Waals surface area contributed by atoms with Crippen molar-refractivity contribution in [2.24, 2.45) is 5.92 Å². The summed E-state index contributed by atoms with van der Waals surface area (Å²) in [4.78, 5) is 22.3. The summed E-state index contributed by atoms with van der Waals surface area (Å²) in [5.74, 6) is -0.680. The lowest BCUT2D eigenvalue weighted by Gasteiger charge is -2.22. The van der Waals surface area contributed by atoms with E-state index in [4.69, 9.17) is 9.47 Å². The van der Waals surface area contributed by atoms with Crippen LogP contribution in [-0.4, -0.2) is 24.1 Å². The third-order valence-corrected chi connectivity index (χ3v) is 2.42. The van der Waals surface area contributed by atoms with Gasteiger partial charge >= 0.3 is 11.9 Å². The van der Waals surface area contributed by atoms with Crippen LogP contribution in [0.3, 0.4) is 0 Å². The van der Waals surface area contributed by atoms with Crippen LogP contribution in [0.2, 0.25) is 0 Å². The van der Waals surface area contributed by atoms with Crippen molar-refractivity contribution >= 4 is 11.9 Å². The number of hydrogen-bond donors (Lipinski definition) is 0. The molecule has 0 amide bonds. The molecule has 1 aliphatic rings. The third-order valence-electron chi connectivity index (χ3n) is 2.42. The van der Waals surface area contributed by atoms with Crippen LogP contribution in [0.1, 0.15) is 33.6 Å². The van der Waals surface area contributed by atoms with E-state index in [0.717, 1.165) is 6.42 Å². The van der Waals surface area contributed by atoms with Gasteiger partial charge in [-0.15, -0.1) is 0 Å². The molecular weight excluding hydrogens is 184 g/mol. The zero-order valence-corrected chi connectivity index (χ0v) is 8.83. The Morgan fingerprint density at radius 3 is 2.79 bits per heavy atom. The van der Waals surface area contributed by atoms with Crippen molar-refractivity contribution < 1.29 is 19.1 Å². The average Bonchev–Trinajstić information content (AvgIpc) is 2.44. The smallest absolute Gasteiger partial charge is 0.310 e. The number of esters is 2. The van der Waals surface area contributed by atoms with Crippen molar-refractivity contribution in [1.82, 2.24) is 0 Å². The fourth-order valence-corrected chi connectivity index (χ4v) is 1.22. The van der Waals surface area contributed by atoms with Crippen LogP contribution >= 0.6 is 0 Å². The van der Waals surface area contributed by atoms with Gasteiger partial charge in [-0.1, -0.05) is 13.8 Å². The van der Waals surface area contributed by atoms with E-state index in [-0.39, 0.29) is 30.9 Å². The minimum Gasteiger partial charge on any atom is -0.461 e.